The van der Waals surface area contributed by atoms with Crippen molar-refractivity contribution in [3.8, 4) is 5.75 Å². The topological polar surface area (TPSA) is 47.6 Å². The van der Waals surface area contributed by atoms with E-state index in [1.165, 1.54) is 0 Å². The smallest absolute Gasteiger partial charge is 0.258 e. The Hall–Kier alpha value is -0.590. The Balaban J connectivity index is 2.42. The van der Waals surface area contributed by atoms with Gasteiger partial charge < -0.3 is 14.8 Å². The molecule has 0 saturated carbocycles. The molecular formula is C12H15Br2NO3. The number of rotatable bonds is 6. The van der Waals surface area contributed by atoms with Gasteiger partial charge in [0.2, 0.25) is 0 Å². The first-order valence-corrected chi connectivity index (χ1v) is 6.97. The van der Waals surface area contributed by atoms with Crippen LogP contribution < -0.4 is 10.1 Å². The lowest BCUT2D eigenvalue weighted by Crippen LogP contribution is -2.38. The second-order valence-electron chi connectivity index (χ2n) is 3.79. The molecule has 1 atom stereocenters. The second-order valence-corrected chi connectivity index (χ2v) is 5.56. The first-order chi connectivity index (χ1) is 8.52. The van der Waals surface area contributed by atoms with Crippen LogP contribution in [-0.4, -0.2) is 32.3 Å². The Morgan fingerprint density at radius 3 is 2.78 bits per heavy atom. The van der Waals surface area contributed by atoms with Crippen LogP contribution >= 0.6 is 31.9 Å². The molecule has 0 fully saturated rings. The lowest BCUT2D eigenvalue weighted by molar-refractivity contribution is -0.124. The summed E-state index contributed by atoms with van der Waals surface area (Å²) in [6, 6.07) is 5.48. The van der Waals surface area contributed by atoms with E-state index in [0.29, 0.717) is 12.4 Å². The van der Waals surface area contributed by atoms with Crippen LogP contribution in [0.15, 0.2) is 27.1 Å². The molecule has 0 aliphatic rings. The molecule has 0 aliphatic heterocycles. The van der Waals surface area contributed by atoms with E-state index in [0.717, 1.165) is 8.95 Å². The molecule has 0 radical (unpaired) electrons. The van der Waals surface area contributed by atoms with Crippen LogP contribution in [0.3, 0.4) is 0 Å². The number of carbonyl (C=O) groups excluding carboxylic acids is 1. The van der Waals surface area contributed by atoms with Gasteiger partial charge in [0, 0.05) is 17.6 Å². The molecule has 1 unspecified atom stereocenters. The summed E-state index contributed by atoms with van der Waals surface area (Å²) in [5.41, 5.74) is 0. The van der Waals surface area contributed by atoms with Gasteiger partial charge in [0.15, 0.2) is 6.61 Å². The molecule has 18 heavy (non-hydrogen) atoms. The van der Waals surface area contributed by atoms with E-state index in [4.69, 9.17) is 9.47 Å². The van der Waals surface area contributed by atoms with Gasteiger partial charge in [0.05, 0.1) is 11.1 Å². The highest BCUT2D eigenvalue weighted by atomic mass is 79.9. The lowest BCUT2D eigenvalue weighted by Gasteiger charge is -2.13. The first-order valence-electron chi connectivity index (χ1n) is 5.39. The van der Waals surface area contributed by atoms with Crippen molar-refractivity contribution in [2.75, 3.05) is 20.3 Å². The predicted octanol–water partition coefficient (Wildman–Crippen LogP) is 2.74. The van der Waals surface area contributed by atoms with Crippen LogP contribution in [-0.2, 0) is 9.53 Å². The highest BCUT2D eigenvalue weighted by molar-refractivity contribution is 9.11. The highest BCUT2D eigenvalue weighted by Gasteiger charge is 2.09. The van der Waals surface area contributed by atoms with Gasteiger partial charge >= 0.3 is 0 Å². The third-order valence-electron chi connectivity index (χ3n) is 2.08. The number of amides is 1. The molecule has 0 aromatic heterocycles. The lowest BCUT2D eigenvalue weighted by atomic mass is 10.3. The van der Waals surface area contributed by atoms with Crippen molar-refractivity contribution >= 4 is 37.8 Å². The van der Waals surface area contributed by atoms with Crippen molar-refractivity contribution in [1.82, 2.24) is 5.32 Å². The zero-order valence-electron chi connectivity index (χ0n) is 10.2. The average molecular weight is 381 g/mol. The molecule has 0 spiro atoms. The number of methoxy groups -OCH3 is 1. The molecule has 1 aromatic rings. The molecule has 4 nitrogen and oxygen atoms in total. The Kier molecular flexibility index (Phi) is 6.67. The number of halogens is 2. The summed E-state index contributed by atoms with van der Waals surface area (Å²) in [7, 11) is 1.60. The van der Waals surface area contributed by atoms with Gasteiger partial charge in [-0.3, -0.25) is 4.79 Å². The van der Waals surface area contributed by atoms with Crippen LogP contribution in [0.4, 0.5) is 0 Å². The van der Waals surface area contributed by atoms with Crippen LogP contribution in [0.2, 0.25) is 0 Å². The fourth-order valence-electron chi connectivity index (χ4n) is 1.34. The van der Waals surface area contributed by atoms with E-state index in [9.17, 15) is 4.79 Å². The summed E-state index contributed by atoms with van der Waals surface area (Å²) in [6.07, 6.45) is 0. The van der Waals surface area contributed by atoms with E-state index >= 15 is 0 Å². The molecular weight excluding hydrogens is 366 g/mol. The number of ether oxygens (including phenoxy) is 2. The van der Waals surface area contributed by atoms with Crippen molar-refractivity contribution in [1.29, 1.82) is 0 Å². The molecule has 0 saturated heterocycles. The molecule has 1 N–H and O–H groups in total. The van der Waals surface area contributed by atoms with Gasteiger partial charge in [-0.25, -0.2) is 0 Å². The van der Waals surface area contributed by atoms with Gasteiger partial charge in [0.25, 0.3) is 5.91 Å². The third-order valence-corrected chi connectivity index (χ3v) is 3.19. The maximum Gasteiger partial charge on any atom is 0.258 e. The maximum absolute atomic E-state index is 11.6. The number of hydrogen-bond acceptors (Lipinski definition) is 3. The van der Waals surface area contributed by atoms with E-state index in [-0.39, 0.29) is 18.6 Å². The van der Waals surface area contributed by atoms with Gasteiger partial charge in [-0.15, -0.1) is 0 Å². The van der Waals surface area contributed by atoms with Gasteiger partial charge in [0.1, 0.15) is 5.75 Å². The molecule has 100 valence electrons. The van der Waals surface area contributed by atoms with Gasteiger partial charge in [-0.1, -0.05) is 15.9 Å². The van der Waals surface area contributed by atoms with E-state index < -0.39 is 0 Å². The number of benzene rings is 1. The first kappa shape index (κ1) is 15.5. The quantitative estimate of drug-likeness (QED) is 0.825. The maximum atomic E-state index is 11.6. The summed E-state index contributed by atoms with van der Waals surface area (Å²) in [4.78, 5) is 11.6. The minimum Gasteiger partial charge on any atom is -0.483 e. The van der Waals surface area contributed by atoms with Gasteiger partial charge in [-0.2, -0.15) is 0 Å². The third kappa shape index (κ3) is 5.37. The normalized spacial score (nSPS) is 12.0. The van der Waals surface area contributed by atoms with Crippen LogP contribution in [0.5, 0.6) is 5.75 Å². The van der Waals surface area contributed by atoms with Crippen molar-refractivity contribution in [2.45, 2.75) is 13.0 Å². The molecule has 0 heterocycles. The zero-order valence-corrected chi connectivity index (χ0v) is 13.4. The Morgan fingerprint density at radius 1 is 1.44 bits per heavy atom. The molecule has 6 heteroatoms. The predicted molar refractivity (Wildman–Crippen MR) is 76.8 cm³/mol. The fourth-order valence-corrected chi connectivity index (χ4v) is 2.51. The Bertz CT molecular complexity index is 412. The fraction of sp³-hybridized carbons (Fsp3) is 0.417. The molecule has 0 aliphatic carbocycles. The summed E-state index contributed by atoms with van der Waals surface area (Å²) in [5, 5.41) is 2.77. The summed E-state index contributed by atoms with van der Waals surface area (Å²) in [5.74, 6) is 0.460. The summed E-state index contributed by atoms with van der Waals surface area (Å²) >= 11 is 6.71. The second kappa shape index (κ2) is 7.76. The number of nitrogens with one attached hydrogen (secondary N) is 1. The van der Waals surface area contributed by atoms with Crippen LogP contribution in [0, 0.1) is 0 Å². The SMILES string of the molecule is COCC(C)NC(=O)COc1ccc(Br)cc1Br. The standard InChI is InChI=1S/C12H15Br2NO3/c1-8(6-17-2)15-12(16)7-18-11-4-3-9(13)5-10(11)14/h3-5,8H,6-7H2,1-2H3,(H,15,16). The van der Waals surface area contributed by atoms with Crippen molar-refractivity contribution in [3.63, 3.8) is 0 Å². The largest absolute Gasteiger partial charge is 0.483 e. The van der Waals surface area contributed by atoms with Crippen molar-refractivity contribution in [3.05, 3.63) is 27.1 Å². The Labute approximate surface area is 123 Å². The zero-order chi connectivity index (χ0) is 13.5. The van der Waals surface area contributed by atoms with Gasteiger partial charge in [-0.05, 0) is 41.1 Å². The molecule has 0 bridgehead atoms. The van der Waals surface area contributed by atoms with E-state index in [1.807, 2.05) is 19.1 Å². The minimum absolute atomic E-state index is 0.0196. The van der Waals surface area contributed by atoms with Crippen molar-refractivity contribution in [2.24, 2.45) is 0 Å². The molecule has 1 rings (SSSR count). The van der Waals surface area contributed by atoms with E-state index in [1.54, 1.807) is 13.2 Å². The molecule has 1 aromatic carbocycles. The summed E-state index contributed by atoms with van der Waals surface area (Å²) in [6.45, 7) is 2.33. The Morgan fingerprint density at radius 2 is 2.17 bits per heavy atom. The van der Waals surface area contributed by atoms with E-state index in [2.05, 4.69) is 37.2 Å². The van der Waals surface area contributed by atoms with Crippen LogP contribution in [0.1, 0.15) is 6.92 Å². The minimum atomic E-state index is -0.172. The molecule has 1 amide bonds. The summed E-state index contributed by atoms with van der Waals surface area (Å²) < 4.78 is 12.1. The van der Waals surface area contributed by atoms with Crippen LogP contribution in [0.25, 0.3) is 0 Å². The highest BCUT2D eigenvalue weighted by Crippen LogP contribution is 2.27. The number of carbonyl (C=O) groups is 1. The number of hydrogen-bond donors (Lipinski definition) is 1. The average Bonchev–Trinajstić information content (AvgIpc) is 2.28. The van der Waals surface area contributed by atoms with Crippen molar-refractivity contribution < 1.29 is 14.3 Å². The monoisotopic (exact) mass is 379 g/mol.